The molecule has 2 aliphatic rings. The van der Waals surface area contributed by atoms with Crippen LogP contribution in [0.15, 0.2) is 66.7 Å². The fraction of sp³-hybridized carbons (Fsp3) is 0.333. The Morgan fingerprint density at radius 1 is 0.737 bits per heavy atom. The number of carbonyl (C=O) groups excluding carboxylic acids is 2. The molecule has 2 aliphatic heterocycles. The fourth-order valence-electron chi connectivity index (χ4n) is 5.40. The summed E-state index contributed by atoms with van der Waals surface area (Å²) in [6, 6.07) is 16.8. The molecule has 1 unspecified atom stereocenters. The Labute approximate surface area is 220 Å². The molecule has 5 nitrogen and oxygen atoms in total. The van der Waals surface area contributed by atoms with Gasteiger partial charge in [0.1, 0.15) is 17.5 Å². The lowest BCUT2D eigenvalue weighted by atomic mass is 9.87. The number of fused-ring (bicyclic) bond motifs is 1. The van der Waals surface area contributed by atoms with E-state index < -0.39 is 5.82 Å². The van der Waals surface area contributed by atoms with Crippen LogP contribution in [0, 0.1) is 17.5 Å². The van der Waals surface area contributed by atoms with Gasteiger partial charge in [-0.2, -0.15) is 0 Å². The van der Waals surface area contributed by atoms with E-state index in [2.05, 4.69) is 0 Å². The Kier molecular flexibility index (Phi) is 7.79. The highest BCUT2D eigenvalue weighted by Gasteiger charge is 2.30. The highest BCUT2D eigenvalue weighted by Crippen LogP contribution is 2.39. The maximum atomic E-state index is 14.3. The van der Waals surface area contributed by atoms with E-state index in [4.69, 9.17) is 0 Å². The number of carbonyl (C=O) groups is 2. The average Bonchev–Trinajstić information content (AvgIpc) is 3.10. The predicted octanol–water partition coefficient (Wildman–Crippen LogP) is 4.75. The van der Waals surface area contributed by atoms with Crippen molar-refractivity contribution in [3.63, 3.8) is 0 Å². The first-order valence-electron chi connectivity index (χ1n) is 13.0. The van der Waals surface area contributed by atoms with Crippen molar-refractivity contribution in [1.82, 2.24) is 9.80 Å². The molecule has 0 bridgehead atoms. The first-order chi connectivity index (χ1) is 18.4. The largest absolute Gasteiger partial charge is 0.340 e. The summed E-state index contributed by atoms with van der Waals surface area (Å²) in [4.78, 5) is 31.6. The lowest BCUT2D eigenvalue weighted by Gasteiger charge is -2.35. The maximum Gasteiger partial charge on any atom is 0.241 e. The molecule has 198 valence electrons. The average molecular weight is 522 g/mol. The second-order valence-electron chi connectivity index (χ2n) is 9.96. The van der Waals surface area contributed by atoms with Crippen molar-refractivity contribution in [2.45, 2.75) is 25.2 Å². The standard InChI is InChI=1S/C30H30F3N3O2/c31-23-7-3-21(4-8-23)18-29(37)35-16-14-34(15-17-35)20-30(38)36-13-1-2-26(22-5-9-24(32)10-6-22)27-12-11-25(33)19-28(27)36/h3-12,19,26H,1-2,13-18,20H2. The number of hydrogen-bond donors (Lipinski definition) is 0. The second kappa shape index (κ2) is 11.4. The Morgan fingerprint density at radius 2 is 1.37 bits per heavy atom. The van der Waals surface area contributed by atoms with Gasteiger partial charge in [-0.1, -0.05) is 30.3 Å². The molecule has 0 aromatic heterocycles. The minimum absolute atomic E-state index is 0.0219. The van der Waals surface area contributed by atoms with Gasteiger partial charge in [0.25, 0.3) is 0 Å². The summed E-state index contributed by atoms with van der Waals surface area (Å²) in [5, 5.41) is 0. The SMILES string of the molecule is O=C(Cc1ccc(F)cc1)N1CCN(CC(=O)N2CCCC(c3ccc(F)cc3)c3ccc(F)cc32)CC1. The van der Waals surface area contributed by atoms with Gasteiger partial charge in [0.2, 0.25) is 11.8 Å². The molecular weight excluding hydrogens is 491 g/mol. The zero-order valence-electron chi connectivity index (χ0n) is 21.1. The van der Waals surface area contributed by atoms with Crippen LogP contribution in [0.3, 0.4) is 0 Å². The minimum Gasteiger partial charge on any atom is -0.340 e. The van der Waals surface area contributed by atoms with Crippen LogP contribution in [-0.4, -0.2) is 60.9 Å². The molecule has 3 aromatic rings. The molecule has 0 N–H and O–H groups in total. The van der Waals surface area contributed by atoms with Gasteiger partial charge in [0, 0.05) is 38.6 Å². The summed E-state index contributed by atoms with van der Waals surface area (Å²) >= 11 is 0. The van der Waals surface area contributed by atoms with Crippen LogP contribution in [0.1, 0.15) is 35.4 Å². The molecule has 3 aromatic carbocycles. The second-order valence-corrected chi connectivity index (χ2v) is 9.96. The molecule has 0 saturated carbocycles. The van der Waals surface area contributed by atoms with Crippen molar-refractivity contribution in [1.29, 1.82) is 0 Å². The molecule has 1 saturated heterocycles. The third-order valence-corrected chi connectivity index (χ3v) is 7.46. The van der Waals surface area contributed by atoms with Crippen LogP contribution >= 0.6 is 0 Å². The number of anilines is 1. The molecule has 2 heterocycles. The van der Waals surface area contributed by atoms with Gasteiger partial charge in [0.05, 0.1) is 18.7 Å². The zero-order chi connectivity index (χ0) is 26.6. The lowest BCUT2D eigenvalue weighted by molar-refractivity contribution is -0.132. The van der Waals surface area contributed by atoms with Crippen molar-refractivity contribution < 1.29 is 22.8 Å². The maximum absolute atomic E-state index is 14.3. The Morgan fingerprint density at radius 3 is 2.05 bits per heavy atom. The first kappa shape index (κ1) is 26.0. The van der Waals surface area contributed by atoms with Crippen molar-refractivity contribution >= 4 is 17.5 Å². The highest BCUT2D eigenvalue weighted by atomic mass is 19.1. The van der Waals surface area contributed by atoms with Gasteiger partial charge < -0.3 is 9.80 Å². The molecule has 2 amide bonds. The predicted molar refractivity (Wildman–Crippen MR) is 139 cm³/mol. The van der Waals surface area contributed by atoms with Crippen molar-refractivity contribution in [2.75, 3.05) is 44.2 Å². The smallest absolute Gasteiger partial charge is 0.241 e. The van der Waals surface area contributed by atoms with E-state index in [1.165, 1.54) is 36.4 Å². The van der Waals surface area contributed by atoms with Crippen LogP contribution in [0.2, 0.25) is 0 Å². The third-order valence-electron chi connectivity index (χ3n) is 7.46. The fourth-order valence-corrected chi connectivity index (χ4v) is 5.40. The topological polar surface area (TPSA) is 43.9 Å². The number of hydrogen-bond acceptors (Lipinski definition) is 3. The molecule has 1 fully saturated rings. The number of nitrogens with zero attached hydrogens (tertiary/aromatic N) is 3. The zero-order valence-corrected chi connectivity index (χ0v) is 21.1. The number of rotatable bonds is 5. The Hall–Kier alpha value is -3.65. The number of piperazine rings is 1. The van der Waals surface area contributed by atoms with Crippen molar-refractivity contribution in [3.8, 4) is 0 Å². The quantitative estimate of drug-likeness (QED) is 0.487. The number of amides is 2. The van der Waals surface area contributed by atoms with E-state index in [0.717, 1.165) is 29.5 Å². The van der Waals surface area contributed by atoms with E-state index in [1.807, 2.05) is 4.90 Å². The molecule has 0 spiro atoms. The number of halogens is 3. The van der Waals surface area contributed by atoms with Crippen LogP contribution in [-0.2, 0) is 16.0 Å². The van der Waals surface area contributed by atoms with Crippen LogP contribution in [0.5, 0.6) is 0 Å². The summed E-state index contributed by atoms with van der Waals surface area (Å²) in [6.45, 7) is 2.78. The summed E-state index contributed by atoms with van der Waals surface area (Å²) in [5.74, 6) is -1.24. The van der Waals surface area contributed by atoms with E-state index >= 15 is 0 Å². The summed E-state index contributed by atoms with van der Waals surface area (Å²) in [7, 11) is 0. The summed E-state index contributed by atoms with van der Waals surface area (Å²) in [5.41, 5.74) is 3.13. The van der Waals surface area contributed by atoms with E-state index in [1.54, 1.807) is 40.1 Å². The van der Waals surface area contributed by atoms with Gasteiger partial charge in [0.15, 0.2) is 0 Å². The first-order valence-corrected chi connectivity index (χ1v) is 13.0. The minimum atomic E-state index is -0.408. The molecular formula is C30H30F3N3O2. The van der Waals surface area contributed by atoms with E-state index in [-0.39, 0.29) is 42.3 Å². The summed E-state index contributed by atoms with van der Waals surface area (Å²) < 4.78 is 41.0. The highest BCUT2D eigenvalue weighted by molar-refractivity contribution is 5.96. The lowest BCUT2D eigenvalue weighted by Crippen LogP contribution is -2.52. The Bertz CT molecular complexity index is 1290. The van der Waals surface area contributed by atoms with Crippen molar-refractivity contribution in [3.05, 3.63) is 101 Å². The molecule has 0 aliphatic carbocycles. The normalized spacial score (nSPS) is 18.1. The van der Waals surface area contributed by atoms with E-state index in [0.29, 0.717) is 38.4 Å². The van der Waals surface area contributed by atoms with Crippen molar-refractivity contribution in [2.24, 2.45) is 0 Å². The third kappa shape index (κ3) is 5.91. The van der Waals surface area contributed by atoms with Crippen LogP contribution < -0.4 is 4.90 Å². The van der Waals surface area contributed by atoms with Gasteiger partial charge in [-0.3, -0.25) is 14.5 Å². The molecule has 8 heteroatoms. The number of benzene rings is 3. The van der Waals surface area contributed by atoms with Gasteiger partial charge >= 0.3 is 0 Å². The van der Waals surface area contributed by atoms with Crippen LogP contribution in [0.25, 0.3) is 0 Å². The monoisotopic (exact) mass is 521 g/mol. The van der Waals surface area contributed by atoms with Gasteiger partial charge in [-0.25, -0.2) is 13.2 Å². The summed E-state index contributed by atoms with van der Waals surface area (Å²) in [6.07, 6.45) is 1.71. The molecule has 1 atom stereocenters. The Balaban J connectivity index is 1.23. The molecule has 5 rings (SSSR count). The molecule has 0 radical (unpaired) electrons. The molecule has 38 heavy (non-hydrogen) atoms. The van der Waals surface area contributed by atoms with Crippen LogP contribution in [0.4, 0.5) is 18.9 Å². The van der Waals surface area contributed by atoms with Gasteiger partial charge in [-0.15, -0.1) is 0 Å². The van der Waals surface area contributed by atoms with Gasteiger partial charge in [-0.05, 0) is 65.9 Å². The van der Waals surface area contributed by atoms with E-state index in [9.17, 15) is 22.8 Å².